The molecule has 1 saturated carbocycles. The van der Waals surface area contributed by atoms with E-state index in [9.17, 15) is 0 Å². The van der Waals surface area contributed by atoms with Crippen molar-refractivity contribution < 1.29 is 0 Å². The van der Waals surface area contributed by atoms with E-state index in [1.807, 2.05) is 0 Å². The van der Waals surface area contributed by atoms with Crippen LogP contribution < -0.4 is 0 Å². The highest BCUT2D eigenvalue weighted by Crippen LogP contribution is 2.26. The lowest BCUT2D eigenvalue weighted by Gasteiger charge is -2.12. The smallest absolute Gasteiger partial charge is 0.0606 e. The average molecular weight is 163 g/mol. The molecular weight excluding hydrogens is 146 g/mol. The van der Waals surface area contributed by atoms with Crippen molar-refractivity contribution in [2.45, 2.75) is 45.4 Å². The van der Waals surface area contributed by atoms with Crippen molar-refractivity contribution in [1.29, 1.82) is 0 Å². The zero-order chi connectivity index (χ0) is 8.39. The number of nitrogens with zero attached hydrogens (tertiary/aromatic N) is 1. The molecule has 0 N–H and O–H groups in total. The first-order chi connectivity index (χ1) is 5.88. The minimum absolute atomic E-state index is 0.991. The summed E-state index contributed by atoms with van der Waals surface area (Å²) in [6.07, 6.45) is 8.11. The summed E-state index contributed by atoms with van der Waals surface area (Å²) in [5, 5.41) is 0. The summed E-state index contributed by atoms with van der Waals surface area (Å²) in [5.74, 6) is 0. The first-order valence-corrected chi connectivity index (χ1v) is 5.10. The summed E-state index contributed by atoms with van der Waals surface area (Å²) in [7, 11) is 0. The van der Waals surface area contributed by atoms with Crippen LogP contribution in [0.2, 0.25) is 0 Å². The summed E-state index contributed by atoms with van der Waals surface area (Å²) >= 11 is 0. The third-order valence-corrected chi connectivity index (χ3v) is 2.96. The number of aliphatic imine (C=N–C) groups is 1. The zero-order valence-corrected chi connectivity index (χ0v) is 7.90. The van der Waals surface area contributed by atoms with Crippen molar-refractivity contribution in [1.82, 2.24) is 0 Å². The maximum absolute atomic E-state index is 4.58. The van der Waals surface area contributed by atoms with Gasteiger partial charge in [0.1, 0.15) is 0 Å². The molecule has 2 aliphatic rings. The van der Waals surface area contributed by atoms with Gasteiger partial charge in [-0.25, -0.2) is 0 Å². The summed E-state index contributed by atoms with van der Waals surface area (Å²) in [6.45, 7) is 3.23. The lowest BCUT2D eigenvalue weighted by atomic mass is 9.93. The molecule has 0 aromatic rings. The summed E-state index contributed by atoms with van der Waals surface area (Å²) < 4.78 is 0. The predicted octanol–water partition coefficient (Wildman–Crippen LogP) is 3.11. The Labute approximate surface area is 74.6 Å². The van der Waals surface area contributed by atoms with Crippen molar-refractivity contribution in [3.63, 3.8) is 0 Å². The Balaban J connectivity index is 2.15. The van der Waals surface area contributed by atoms with Gasteiger partial charge in [-0.05, 0) is 43.8 Å². The third-order valence-electron chi connectivity index (χ3n) is 2.96. The van der Waals surface area contributed by atoms with Crippen LogP contribution in [-0.4, -0.2) is 12.3 Å². The highest BCUT2D eigenvalue weighted by Gasteiger charge is 2.16. The van der Waals surface area contributed by atoms with E-state index in [0.717, 1.165) is 6.54 Å². The number of fused-ring (bicyclic) bond motifs is 1. The van der Waals surface area contributed by atoms with Crippen LogP contribution >= 0.6 is 0 Å². The molecule has 0 radical (unpaired) electrons. The van der Waals surface area contributed by atoms with E-state index in [2.05, 4.69) is 11.9 Å². The summed E-state index contributed by atoms with van der Waals surface area (Å²) in [6, 6.07) is 0. The second kappa shape index (κ2) is 3.42. The molecule has 66 valence electrons. The number of hydrogen-bond donors (Lipinski definition) is 0. The molecule has 12 heavy (non-hydrogen) atoms. The minimum atomic E-state index is 0.991. The normalized spacial score (nSPS) is 24.6. The Morgan fingerprint density at radius 1 is 1.00 bits per heavy atom. The van der Waals surface area contributed by atoms with E-state index >= 15 is 0 Å². The van der Waals surface area contributed by atoms with Gasteiger partial charge in [-0.3, -0.25) is 4.99 Å². The second-order valence-corrected chi connectivity index (χ2v) is 3.94. The molecule has 0 atom stereocenters. The van der Waals surface area contributed by atoms with Gasteiger partial charge in [-0.1, -0.05) is 12.8 Å². The molecule has 1 heterocycles. The average Bonchev–Trinajstić information content (AvgIpc) is 2.31. The maximum Gasteiger partial charge on any atom is 0.0606 e. The minimum Gasteiger partial charge on any atom is -0.285 e. The Morgan fingerprint density at radius 2 is 1.75 bits per heavy atom. The second-order valence-electron chi connectivity index (χ2n) is 3.94. The first kappa shape index (κ1) is 8.03. The fraction of sp³-hybridized carbons (Fsp3) is 0.727. The Morgan fingerprint density at radius 3 is 2.58 bits per heavy atom. The molecule has 1 nitrogen and oxygen atoms in total. The third kappa shape index (κ3) is 1.45. The van der Waals surface area contributed by atoms with Gasteiger partial charge in [0.25, 0.3) is 0 Å². The largest absolute Gasteiger partial charge is 0.285 e. The molecule has 1 aliphatic carbocycles. The van der Waals surface area contributed by atoms with Crippen molar-refractivity contribution >= 4 is 5.71 Å². The SMILES string of the molecule is CC1=C2CCCCCCC2=NC1. The monoisotopic (exact) mass is 163 g/mol. The first-order valence-electron chi connectivity index (χ1n) is 5.10. The van der Waals surface area contributed by atoms with Gasteiger partial charge in [-0.15, -0.1) is 0 Å². The Hall–Kier alpha value is -0.590. The summed E-state index contributed by atoms with van der Waals surface area (Å²) in [4.78, 5) is 4.58. The molecule has 2 rings (SSSR count). The van der Waals surface area contributed by atoms with Crippen LogP contribution in [-0.2, 0) is 0 Å². The number of allylic oxidation sites excluding steroid dienone is 1. The van der Waals surface area contributed by atoms with Crippen LogP contribution in [0, 0.1) is 0 Å². The molecule has 0 spiro atoms. The molecule has 1 heteroatoms. The maximum atomic E-state index is 4.58. The highest BCUT2D eigenvalue weighted by atomic mass is 14.8. The van der Waals surface area contributed by atoms with E-state index in [0.29, 0.717) is 0 Å². The van der Waals surface area contributed by atoms with Gasteiger partial charge in [0.2, 0.25) is 0 Å². The number of rotatable bonds is 0. The van der Waals surface area contributed by atoms with Gasteiger partial charge < -0.3 is 0 Å². The predicted molar refractivity (Wildman–Crippen MR) is 52.7 cm³/mol. The molecule has 0 amide bonds. The van der Waals surface area contributed by atoms with E-state index in [1.54, 1.807) is 5.57 Å². The van der Waals surface area contributed by atoms with Gasteiger partial charge in [0.15, 0.2) is 0 Å². The van der Waals surface area contributed by atoms with Gasteiger partial charge in [-0.2, -0.15) is 0 Å². The molecule has 0 aromatic carbocycles. The van der Waals surface area contributed by atoms with Crippen LogP contribution in [0.15, 0.2) is 16.1 Å². The zero-order valence-electron chi connectivity index (χ0n) is 7.90. The lowest BCUT2D eigenvalue weighted by Crippen LogP contribution is -2.03. The molecule has 0 aromatic heterocycles. The van der Waals surface area contributed by atoms with Gasteiger partial charge >= 0.3 is 0 Å². The molecular formula is C11H17N. The molecule has 1 fully saturated rings. The highest BCUT2D eigenvalue weighted by molar-refractivity contribution is 6.02. The molecule has 0 unspecified atom stereocenters. The van der Waals surface area contributed by atoms with Crippen molar-refractivity contribution in [2.75, 3.05) is 6.54 Å². The quantitative estimate of drug-likeness (QED) is 0.520. The summed E-state index contributed by atoms with van der Waals surface area (Å²) in [5.41, 5.74) is 4.58. The molecule has 1 aliphatic heterocycles. The molecule has 0 bridgehead atoms. The standard InChI is InChI=1S/C11H17N/c1-9-8-12-11-7-5-3-2-4-6-10(9)11/h2-8H2,1H3. The van der Waals surface area contributed by atoms with Crippen molar-refractivity contribution in [2.24, 2.45) is 4.99 Å². The van der Waals surface area contributed by atoms with Crippen LogP contribution in [0.5, 0.6) is 0 Å². The van der Waals surface area contributed by atoms with Crippen molar-refractivity contribution in [3.8, 4) is 0 Å². The van der Waals surface area contributed by atoms with E-state index in [-0.39, 0.29) is 0 Å². The number of hydrogen-bond acceptors (Lipinski definition) is 1. The van der Waals surface area contributed by atoms with Crippen LogP contribution in [0.25, 0.3) is 0 Å². The van der Waals surface area contributed by atoms with Crippen LogP contribution in [0.1, 0.15) is 45.4 Å². The van der Waals surface area contributed by atoms with Crippen molar-refractivity contribution in [3.05, 3.63) is 11.1 Å². The Kier molecular flexibility index (Phi) is 2.29. The topological polar surface area (TPSA) is 12.4 Å². The van der Waals surface area contributed by atoms with Crippen LogP contribution in [0.3, 0.4) is 0 Å². The van der Waals surface area contributed by atoms with E-state index < -0.39 is 0 Å². The fourth-order valence-electron chi connectivity index (χ4n) is 2.19. The molecule has 0 saturated heterocycles. The Bertz CT molecular complexity index is 235. The van der Waals surface area contributed by atoms with E-state index in [4.69, 9.17) is 0 Å². The van der Waals surface area contributed by atoms with E-state index in [1.165, 1.54) is 49.8 Å². The van der Waals surface area contributed by atoms with Crippen LogP contribution in [0.4, 0.5) is 0 Å². The lowest BCUT2D eigenvalue weighted by molar-refractivity contribution is 0.640. The van der Waals surface area contributed by atoms with Gasteiger partial charge in [0, 0.05) is 5.71 Å². The van der Waals surface area contributed by atoms with Gasteiger partial charge in [0.05, 0.1) is 6.54 Å². The fourth-order valence-corrected chi connectivity index (χ4v) is 2.19.